The number of esters is 2. The van der Waals surface area contributed by atoms with Crippen molar-refractivity contribution in [2.45, 2.75) is 19.3 Å². The van der Waals surface area contributed by atoms with E-state index in [-0.39, 0.29) is 42.7 Å². The summed E-state index contributed by atoms with van der Waals surface area (Å²) < 4.78 is 17.0. The second kappa shape index (κ2) is 13.1. The lowest BCUT2D eigenvalue weighted by molar-refractivity contribution is -0.870. The number of hydrogen-bond acceptors (Lipinski definition) is 5. The third-order valence-corrected chi connectivity index (χ3v) is 4.80. The minimum atomic E-state index is -0.520. The standard InChI is InChI=1S/C22H25Cl3NO5.ClH/c1-26(2,3)11-12-29-21(27)5-4-6-22(28)31-20-14-16(24)8-10-19(20)30-18-9-7-15(23)13-17(18)25;/h7-10,13-14H,4-6,11-12H2,1-3H3;1H/q+1;/p-1. The lowest BCUT2D eigenvalue weighted by Gasteiger charge is -2.23. The molecule has 2 aromatic carbocycles. The van der Waals surface area contributed by atoms with E-state index in [1.807, 2.05) is 21.1 Å². The Labute approximate surface area is 209 Å². The fourth-order valence-electron chi connectivity index (χ4n) is 2.38. The van der Waals surface area contributed by atoms with Gasteiger partial charge in [-0.2, -0.15) is 0 Å². The summed E-state index contributed by atoms with van der Waals surface area (Å²) in [6, 6.07) is 9.42. The molecule has 0 atom stereocenters. The first-order chi connectivity index (χ1) is 14.5. The zero-order valence-electron chi connectivity index (χ0n) is 18.0. The molecule has 0 aromatic heterocycles. The Morgan fingerprint density at radius 2 is 1.44 bits per heavy atom. The molecule has 0 bridgehead atoms. The predicted octanol–water partition coefficient (Wildman–Crippen LogP) is 2.77. The molecular weight excluding hydrogens is 500 g/mol. The van der Waals surface area contributed by atoms with Crippen LogP contribution in [0.2, 0.25) is 15.1 Å². The van der Waals surface area contributed by atoms with Crippen LogP contribution in [0.15, 0.2) is 36.4 Å². The van der Waals surface area contributed by atoms with E-state index >= 15 is 0 Å². The van der Waals surface area contributed by atoms with Gasteiger partial charge in [-0.3, -0.25) is 9.59 Å². The normalized spacial score (nSPS) is 10.8. The van der Waals surface area contributed by atoms with Crippen molar-refractivity contribution in [1.29, 1.82) is 0 Å². The third-order valence-electron chi connectivity index (χ3n) is 4.03. The van der Waals surface area contributed by atoms with Crippen LogP contribution < -0.4 is 21.9 Å². The largest absolute Gasteiger partial charge is 1.00 e. The SMILES string of the molecule is C[N+](C)(C)CCOC(=O)CCCC(=O)Oc1cc(Cl)ccc1Oc1ccc(Cl)cc1Cl.[Cl-]. The highest BCUT2D eigenvalue weighted by Gasteiger charge is 2.15. The van der Waals surface area contributed by atoms with Crippen molar-refractivity contribution >= 4 is 46.7 Å². The molecule has 0 N–H and O–H groups in total. The Bertz CT molecular complexity index is 931. The van der Waals surface area contributed by atoms with Crippen molar-refractivity contribution < 1.29 is 40.7 Å². The van der Waals surface area contributed by atoms with Crippen molar-refractivity contribution in [1.82, 2.24) is 0 Å². The first kappa shape index (κ1) is 28.3. The average molecular weight is 525 g/mol. The average Bonchev–Trinajstić information content (AvgIpc) is 2.64. The molecule has 2 rings (SSSR count). The topological polar surface area (TPSA) is 61.8 Å². The van der Waals surface area contributed by atoms with E-state index in [4.69, 9.17) is 49.0 Å². The van der Waals surface area contributed by atoms with Gasteiger partial charge in [0.15, 0.2) is 11.5 Å². The second-order valence-corrected chi connectivity index (χ2v) is 9.11. The summed E-state index contributed by atoms with van der Waals surface area (Å²) in [5, 5.41) is 1.15. The Hall–Kier alpha value is -1.70. The van der Waals surface area contributed by atoms with E-state index in [1.54, 1.807) is 30.3 Å². The summed E-state index contributed by atoms with van der Waals surface area (Å²) in [6.07, 6.45) is 0.478. The summed E-state index contributed by atoms with van der Waals surface area (Å²) in [6.45, 7) is 1.05. The number of nitrogens with zero attached hydrogens (tertiary/aromatic N) is 1. The zero-order chi connectivity index (χ0) is 23.0. The van der Waals surface area contributed by atoms with Crippen LogP contribution >= 0.6 is 34.8 Å². The maximum atomic E-state index is 12.2. The molecule has 0 saturated carbocycles. The Morgan fingerprint density at radius 3 is 2.06 bits per heavy atom. The van der Waals surface area contributed by atoms with E-state index in [0.717, 1.165) is 0 Å². The Kier molecular flexibility index (Phi) is 11.6. The molecule has 0 aliphatic rings. The summed E-state index contributed by atoms with van der Waals surface area (Å²) in [5.41, 5.74) is 0. The van der Waals surface area contributed by atoms with Crippen LogP contribution in [0.5, 0.6) is 17.2 Å². The predicted molar refractivity (Wildman–Crippen MR) is 121 cm³/mol. The summed E-state index contributed by atoms with van der Waals surface area (Å²) in [7, 11) is 6.04. The number of ether oxygens (including phenoxy) is 3. The van der Waals surface area contributed by atoms with E-state index in [9.17, 15) is 9.59 Å². The number of benzene rings is 2. The van der Waals surface area contributed by atoms with Gasteiger partial charge in [0.2, 0.25) is 0 Å². The molecule has 10 heteroatoms. The lowest BCUT2D eigenvalue weighted by atomic mass is 10.2. The van der Waals surface area contributed by atoms with E-state index in [0.29, 0.717) is 44.9 Å². The minimum absolute atomic E-state index is 0. The number of carbonyl (C=O) groups excluding carboxylic acids is 2. The summed E-state index contributed by atoms with van der Waals surface area (Å²) >= 11 is 18.1. The molecular formula is C22H25Cl4NO5. The zero-order valence-corrected chi connectivity index (χ0v) is 21.0. The molecule has 32 heavy (non-hydrogen) atoms. The van der Waals surface area contributed by atoms with Crippen LogP contribution in [-0.2, 0) is 14.3 Å². The smallest absolute Gasteiger partial charge is 0.311 e. The fourth-order valence-corrected chi connectivity index (χ4v) is 2.99. The van der Waals surface area contributed by atoms with Crippen LogP contribution in [0.25, 0.3) is 0 Å². The van der Waals surface area contributed by atoms with Crippen LogP contribution in [-0.4, -0.2) is 50.7 Å². The molecule has 6 nitrogen and oxygen atoms in total. The monoisotopic (exact) mass is 523 g/mol. The van der Waals surface area contributed by atoms with Gasteiger partial charge in [-0.1, -0.05) is 34.8 Å². The van der Waals surface area contributed by atoms with Crippen LogP contribution in [0.1, 0.15) is 19.3 Å². The summed E-state index contributed by atoms with van der Waals surface area (Å²) in [5.74, 6) is -0.100. The van der Waals surface area contributed by atoms with Crippen molar-refractivity contribution in [3.05, 3.63) is 51.5 Å². The molecule has 0 amide bonds. The van der Waals surface area contributed by atoms with E-state index < -0.39 is 5.97 Å². The van der Waals surface area contributed by atoms with Crippen LogP contribution in [0.3, 0.4) is 0 Å². The van der Waals surface area contributed by atoms with Gasteiger partial charge in [-0.05, 0) is 36.8 Å². The van der Waals surface area contributed by atoms with E-state index in [1.165, 1.54) is 6.07 Å². The molecule has 0 unspecified atom stereocenters. The van der Waals surface area contributed by atoms with Crippen molar-refractivity contribution in [2.75, 3.05) is 34.3 Å². The molecule has 0 aliphatic heterocycles. The highest BCUT2D eigenvalue weighted by molar-refractivity contribution is 6.35. The van der Waals surface area contributed by atoms with Gasteiger partial charge in [0.05, 0.1) is 26.2 Å². The number of hydrogen-bond donors (Lipinski definition) is 0. The van der Waals surface area contributed by atoms with Gasteiger partial charge in [0.25, 0.3) is 0 Å². The van der Waals surface area contributed by atoms with Crippen LogP contribution in [0, 0.1) is 0 Å². The molecule has 0 aliphatic carbocycles. The molecule has 0 saturated heterocycles. The Balaban J connectivity index is 0.00000512. The number of rotatable bonds is 10. The van der Waals surface area contributed by atoms with Gasteiger partial charge in [0, 0.05) is 29.0 Å². The van der Waals surface area contributed by atoms with Crippen molar-refractivity contribution in [3.63, 3.8) is 0 Å². The van der Waals surface area contributed by atoms with Gasteiger partial charge in [-0.25, -0.2) is 0 Å². The summed E-state index contributed by atoms with van der Waals surface area (Å²) in [4.78, 5) is 24.0. The highest BCUT2D eigenvalue weighted by atomic mass is 35.5. The third kappa shape index (κ3) is 10.3. The quantitative estimate of drug-likeness (QED) is 0.272. The highest BCUT2D eigenvalue weighted by Crippen LogP contribution is 2.37. The molecule has 176 valence electrons. The number of carbonyl (C=O) groups is 2. The maximum Gasteiger partial charge on any atom is 0.311 e. The minimum Gasteiger partial charge on any atom is -1.00 e. The van der Waals surface area contributed by atoms with Gasteiger partial charge < -0.3 is 31.1 Å². The van der Waals surface area contributed by atoms with E-state index in [2.05, 4.69) is 0 Å². The fraction of sp³-hybridized carbons (Fsp3) is 0.364. The van der Waals surface area contributed by atoms with Gasteiger partial charge >= 0.3 is 11.9 Å². The van der Waals surface area contributed by atoms with Gasteiger partial charge in [0.1, 0.15) is 18.9 Å². The maximum absolute atomic E-state index is 12.2. The first-order valence-corrected chi connectivity index (χ1v) is 10.8. The number of likely N-dealkylation sites (N-methyl/N-ethyl adjacent to an activating group) is 1. The molecule has 0 heterocycles. The molecule has 2 aromatic rings. The lowest BCUT2D eigenvalue weighted by Crippen LogP contribution is -3.00. The van der Waals surface area contributed by atoms with Crippen molar-refractivity contribution in [2.24, 2.45) is 0 Å². The number of quaternary nitrogens is 1. The Morgan fingerprint density at radius 1 is 0.844 bits per heavy atom. The van der Waals surface area contributed by atoms with Crippen molar-refractivity contribution in [3.8, 4) is 17.2 Å². The first-order valence-electron chi connectivity index (χ1n) is 9.63. The number of halogens is 4. The molecule has 0 fully saturated rings. The van der Waals surface area contributed by atoms with Crippen LogP contribution in [0.4, 0.5) is 0 Å². The molecule has 0 radical (unpaired) electrons. The van der Waals surface area contributed by atoms with Gasteiger partial charge in [-0.15, -0.1) is 0 Å². The molecule has 0 spiro atoms. The second-order valence-electron chi connectivity index (χ2n) is 7.83.